The van der Waals surface area contributed by atoms with Crippen LogP contribution in [0, 0.1) is 5.82 Å². The Morgan fingerprint density at radius 1 is 1.04 bits per heavy atom. The van der Waals surface area contributed by atoms with E-state index in [2.05, 4.69) is 13.2 Å². The predicted octanol–water partition coefficient (Wildman–Crippen LogP) is 4.74. The van der Waals surface area contributed by atoms with Gasteiger partial charge in [-0.05, 0) is 49.2 Å². The van der Waals surface area contributed by atoms with E-state index >= 15 is 0 Å². The molecule has 0 spiro atoms. The van der Waals surface area contributed by atoms with E-state index in [-0.39, 0.29) is 11.3 Å². The number of allylic oxidation sites excluding steroid dienone is 1. The van der Waals surface area contributed by atoms with E-state index < -0.39 is 11.8 Å². The molecular formula is C21H21FO4. The molecule has 4 nitrogen and oxygen atoms in total. The molecule has 0 N–H and O–H groups in total. The van der Waals surface area contributed by atoms with Crippen molar-refractivity contribution in [2.75, 3.05) is 7.11 Å². The van der Waals surface area contributed by atoms with Gasteiger partial charge in [0.1, 0.15) is 23.6 Å². The molecule has 0 unspecified atom stereocenters. The molecule has 0 aliphatic rings. The Kier molecular flexibility index (Phi) is 7.96. The third-order valence-electron chi connectivity index (χ3n) is 3.10. The molecule has 0 amide bonds. The van der Waals surface area contributed by atoms with Crippen molar-refractivity contribution in [1.82, 2.24) is 0 Å². The minimum absolute atomic E-state index is 0.151. The van der Waals surface area contributed by atoms with Crippen molar-refractivity contribution < 1.29 is 23.5 Å². The lowest BCUT2D eigenvalue weighted by Gasteiger charge is -2.08. The van der Waals surface area contributed by atoms with Gasteiger partial charge in [-0.25, -0.2) is 9.18 Å². The van der Waals surface area contributed by atoms with Gasteiger partial charge in [0.25, 0.3) is 0 Å². The fourth-order valence-corrected chi connectivity index (χ4v) is 1.76. The van der Waals surface area contributed by atoms with E-state index in [0.29, 0.717) is 22.4 Å². The SMILES string of the molecule is C=C(C)C(=O)Oc1ccc(-c2ccc(OC)cc2)c(F)c1.C=C(C)C=O. The van der Waals surface area contributed by atoms with Crippen LogP contribution >= 0.6 is 0 Å². The Morgan fingerprint density at radius 3 is 2.00 bits per heavy atom. The zero-order chi connectivity index (χ0) is 19.7. The maximum atomic E-state index is 14.1. The van der Waals surface area contributed by atoms with Crippen LogP contribution in [0.25, 0.3) is 11.1 Å². The van der Waals surface area contributed by atoms with Gasteiger partial charge < -0.3 is 9.47 Å². The minimum atomic E-state index is -0.577. The Labute approximate surface area is 152 Å². The molecule has 2 rings (SSSR count). The molecule has 0 fully saturated rings. The molecule has 2 aromatic carbocycles. The lowest BCUT2D eigenvalue weighted by molar-refractivity contribution is -0.130. The number of rotatable bonds is 5. The zero-order valence-corrected chi connectivity index (χ0v) is 15.0. The third-order valence-corrected chi connectivity index (χ3v) is 3.10. The van der Waals surface area contributed by atoms with E-state index in [1.54, 1.807) is 50.4 Å². The summed E-state index contributed by atoms with van der Waals surface area (Å²) in [5.41, 5.74) is 1.97. The van der Waals surface area contributed by atoms with Gasteiger partial charge in [0.2, 0.25) is 0 Å². The average Bonchev–Trinajstić information content (AvgIpc) is 2.62. The highest BCUT2D eigenvalue weighted by Crippen LogP contribution is 2.28. The second-order valence-electron chi connectivity index (χ2n) is 5.50. The van der Waals surface area contributed by atoms with Crippen molar-refractivity contribution in [3.05, 3.63) is 72.6 Å². The Morgan fingerprint density at radius 2 is 1.58 bits per heavy atom. The fraction of sp³-hybridized carbons (Fsp3) is 0.143. The summed E-state index contributed by atoms with van der Waals surface area (Å²) in [6.45, 7) is 9.97. The van der Waals surface area contributed by atoms with Gasteiger partial charge >= 0.3 is 5.97 Å². The summed E-state index contributed by atoms with van der Waals surface area (Å²) in [4.78, 5) is 20.8. The largest absolute Gasteiger partial charge is 0.497 e. The third kappa shape index (κ3) is 6.36. The monoisotopic (exact) mass is 356 g/mol. The highest BCUT2D eigenvalue weighted by molar-refractivity contribution is 5.88. The number of benzene rings is 2. The Bertz CT molecular complexity index is 807. The number of hydrogen-bond acceptors (Lipinski definition) is 4. The van der Waals surface area contributed by atoms with Gasteiger partial charge in [-0.3, -0.25) is 4.79 Å². The van der Waals surface area contributed by atoms with Crippen LogP contribution < -0.4 is 9.47 Å². The van der Waals surface area contributed by atoms with Crippen LogP contribution in [0.3, 0.4) is 0 Å². The maximum absolute atomic E-state index is 14.1. The van der Waals surface area contributed by atoms with Crippen LogP contribution in [0.2, 0.25) is 0 Å². The van der Waals surface area contributed by atoms with Crippen LogP contribution in [-0.2, 0) is 9.59 Å². The first-order chi connectivity index (χ1) is 12.3. The molecule has 0 radical (unpaired) electrons. The molecule has 26 heavy (non-hydrogen) atoms. The topological polar surface area (TPSA) is 52.6 Å². The van der Waals surface area contributed by atoms with Crippen molar-refractivity contribution in [1.29, 1.82) is 0 Å². The lowest BCUT2D eigenvalue weighted by atomic mass is 10.0. The Hall–Kier alpha value is -3.21. The van der Waals surface area contributed by atoms with Gasteiger partial charge in [-0.1, -0.05) is 25.3 Å². The standard InChI is InChI=1S/C17H15FO3.C4H6O/c1-11(2)17(19)21-14-8-9-15(16(18)10-14)12-4-6-13(20-3)7-5-12;1-4(2)3-5/h4-10H,1H2,2-3H3;3H,1H2,2H3. The van der Waals surface area contributed by atoms with Gasteiger partial charge in [-0.15, -0.1) is 0 Å². The number of ether oxygens (including phenoxy) is 2. The quantitative estimate of drug-likeness (QED) is 0.336. The second-order valence-corrected chi connectivity index (χ2v) is 5.50. The van der Waals surface area contributed by atoms with Gasteiger partial charge in [-0.2, -0.15) is 0 Å². The first-order valence-corrected chi connectivity index (χ1v) is 7.70. The van der Waals surface area contributed by atoms with Crippen LogP contribution in [0.4, 0.5) is 4.39 Å². The Balaban J connectivity index is 0.000000597. The van der Waals surface area contributed by atoms with Crippen LogP contribution in [0.1, 0.15) is 13.8 Å². The summed E-state index contributed by atoms with van der Waals surface area (Å²) >= 11 is 0. The molecule has 0 atom stereocenters. The zero-order valence-electron chi connectivity index (χ0n) is 15.0. The van der Waals surface area contributed by atoms with Crippen molar-refractivity contribution in [2.24, 2.45) is 0 Å². The molecular weight excluding hydrogens is 335 g/mol. The lowest BCUT2D eigenvalue weighted by Crippen LogP contribution is -2.08. The molecule has 0 bridgehead atoms. The van der Waals surface area contributed by atoms with Gasteiger partial charge in [0.15, 0.2) is 0 Å². The fourth-order valence-electron chi connectivity index (χ4n) is 1.76. The number of carbonyl (C=O) groups excluding carboxylic acids is 2. The summed E-state index contributed by atoms with van der Waals surface area (Å²) in [5, 5.41) is 0. The van der Waals surface area contributed by atoms with Crippen LogP contribution in [-0.4, -0.2) is 19.4 Å². The first-order valence-electron chi connectivity index (χ1n) is 7.70. The summed E-state index contributed by atoms with van der Waals surface area (Å²) in [6.07, 6.45) is 0.722. The number of esters is 1. The number of carbonyl (C=O) groups is 2. The summed E-state index contributed by atoms with van der Waals surface area (Å²) < 4.78 is 24.2. The van der Waals surface area contributed by atoms with E-state index in [9.17, 15) is 14.0 Å². The normalized spacial score (nSPS) is 9.38. The van der Waals surface area contributed by atoms with E-state index in [1.165, 1.54) is 13.0 Å². The van der Waals surface area contributed by atoms with Gasteiger partial charge in [0, 0.05) is 17.2 Å². The molecule has 0 heterocycles. The number of halogens is 1. The first kappa shape index (κ1) is 20.8. The molecule has 136 valence electrons. The van der Waals surface area contributed by atoms with Crippen molar-refractivity contribution in [3.63, 3.8) is 0 Å². The smallest absolute Gasteiger partial charge is 0.338 e. The van der Waals surface area contributed by atoms with E-state index in [1.807, 2.05) is 0 Å². The summed E-state index contributed by atoms with van der Waals surface area (Å²) in [6, 6.07) is 11.3. The molecule has 0 saturated heterocycles. The molecule has 0 aliphatic carbocycles. The van der Waals surface area contributed by atoms with E-state index in [0.717, 1.165) is 6.29 Å². The summed E-state index contributed by atoms with van der Waals surface area (Å²) in [7, 11) is 1.57. The number of hydrogen-bond donors (Lipinski definition) is 0. The number of aldehydes is 1. The predicted molar refractivity (Wildman–Crippen MR) is 99.7 cm³/mol. The minimum Gasteiger partial charge on any atom is -0.497 e. The highest BCUT2D eigenvalue weighted by atomic mass is 19.1. The molecule has 0 aliphatic heterocycles. The van der Waals surface area contributed by atoms with Crippen LogP contribution in [0.15, 0.2) is 66.8 Å². The molecule has 2 aromatic rings. The summed E-state index contributed by atoms with van der Waals surface area (Å²) in [5.74, 6) is -0.192. The highest BCUT2D eigenvalue weighted by Gasteiger charge is 2.10. The molecule has 0 aromatic heterocycles. The molecule has 0 saturated carbocycles. The van der Waals surface area contributed by atoms with Crippen molar-refractivity contribution >= 4 is 12.3 Å². The number of methoxy groups -OCH3 is 1. The van der Waals surface area contributed by atoms with Gasteiger partial charge in [0.05, 0.1) is 7.11 Å². The second kappa shape index (κ2) is 9.93. The van der Waals surface area contributed by atoms with Crippen molar-refractivity contribution in [3.8, 4) is 22.6 Å². The average molecular weight is 356 g/mol. The van der Waals surface area contributed by atoms with E-state index in [4.69, 9.17) is 9.47 Å². The van der Waals surface area contributed by atoms with Crippen LogP contribution in [0.5, 0.6) is 11.5 Å². The maximum Gasteiger partial charge on any atom is 0.338 e. The molecule has 5 heteroatoms. The van der Waals surface area contributed by atoms with Crippen molar-refractivity contribution in [2.45, 2.75) is 13.8 Å².